The number of benzene rings is 1. The lowest BCUT2D eigenvalue weighted by Crippen LogP contribution is -2.52. The third-order valence-corrected chi connectivity index (χ3v) is 6.27. The van der Waals surface area contributed by atoms with E-state index in [0.717, 1.165) is 24.9 Å². The molecule has 2 aliphatic rings. The number of urea groups is 1. The smallest absolute Gasteiger partial charge is 0.322 e. The van der Waals surface area contributed by atoms with E-state index in [-0.39, 0.29) is 24.0 Å². The van der Waals surface area contributed by atoms with Crippen LogP contribution in [-0.2, 0) is 0 Å². The first-order chi connectivity index (χ1) is 13.0. The second-order valence-electron chi connectivity index (χ2n) is 7.25. The molecular weight excluding hydrogens is 362 g/mol. The number of likely N-dealkylation sites (tertiary alicyclic amines) is 1. The summed E-state index contributed by atoms with van der Waals surface area (Å²) in [5.74, 6) is 1.03. The van der Waals surface area contributed by atoms with Crippen LogP contribution >= 0.6 is 11.3 Å². The average Bonchev–Trinajstić information content (AvgIpc) is 3.38. The standard InChI is InChI=1S/C20H23N3O3S/c1-12-5-6-17(26-2)15(8-12)22-20(25)23-11-13-9-14(16(23)10-13)21-19(24)18-4-3-7-27-18/h3-8,13-14,16H,9-11H2,1-2H3,(H,21,24)(H,22,25). The minimum absolute atomic E-state index is 0.00325. The average molecular weight is 385 g/mol. The van der Waals surface area contributed by atoms with E-state index >= 15 is 0 Å². The molecule has 7 heteroatoms. The molecule has 0 radical (unpaired) electrons. The molecule has 0 spiro atoms. The number of hydrogen-bond donors (Lipinski definition) is 2. The molecule has 1 aliphatic heterocycles. The molecule has 4 rings (SSSR count). The molecule has 2 fully saturated rings. The van der Waals surface area contributed by atoms with E-state index in [4.69, 9.17) is 4.74 Å². The molecule has 2 N–H and O–H groups in total. The van der Waals surface area contributed by atoms with Crippen molar-refractivity contribution in [1.82, 2.24) is 10.2 Å². The highest BCUT2D eigenvalue weighted by atomic mass is 32.1. The fourth-order valence-corrected chi connectivity index (χ4v) is 4.79. The maximum absolute atomic E-state index is 12.9. The lowest BCUT2D eigenvalue weighted by atomic mass is 10.1. The van der Waals surface area contributed by atoms with Crippen LogP contribution in [0.15, 0.2) is 35.7 Å². The first-order valence-electron chi connectivity index (χ1n) is 9.12. The van der Waals surface area contributed by atoms with Crippen LogP contribution in [0.5, 0.6) is 5.75 Å². The van der Waals surface area contributed by atoms with Crippen LogP contribution in [0.3, 0.4) is 0 Å². The van der Waals surface area contributed by atoms with Crippen LogP contribution < -0.4 is 15.4 Å². The molecule has 2 aromatic rings. The third kappa shape index (κ3) is 3.51. The van der Waals surface area contributed by atoms with Gasteiger partial charge in [-0.1, -0.05) is 12.1 Å². The van der Waals surface area contributed by atoms with Gasteiger partial charge in [0.05, 0.1) is 29.8 Å². The summed E-state index contributed by atoms with van der Waals surface area (Å²) < 4.78 is 5.35. The minimum atomic E-state index is -0.138. The molecule has 1 saturated heterocycles. The molecule has 142 valence electrons. The number of fused-ring (bicyclic) bond motifs is 2. The lowest BCUT2D eigenvalue weighted by Gasteiger charge is -2.33. The Bertz CT molecular complexity index is 852. The molecule has 27 heavy (non-hydrogen) atoms. The van der Waals surface area contributed by atoms with Gasteiger partial charge in [0.2, 0.25) is 0 Å². The fraction of sp³-hybridized carbons (Fsp3) is 0.400. The number of hydrogen-bond acceptors (Lipinski definition) is 4. The number of ether oxygens (including phenoxy) is 1. The third-order valence-electron chi connectivity index (χ3n) is 5.40. The quantitative estimate of drug-likeness (QED) is 0.846. The van der Waals surface area contributed by atoms with Gasteiger partial charge in [-0.2, -0.15) is 0 Å². The number of carbonyl (C=O) groups excluding carboxylic acids is 2. The summed E-state index contributed by atoms with van der Waals surface area (Å²) >= 11 is 1.43. The number of amides is 3. The van der Waals surface area contributed by atoms with Gasteiger partial charge in [0, 0.05) is 6.54 Å². The summed E-state index contributed by atoms with van der Waals surface area (Å²) in [4.78, 5) is 27.8. The van der Waals surface area contributed by atoms with Gasteiger partial charge in [0.1, 0.15) is 5.75 Å². The SMILES string of the molecule is COc1ccc(C)cc1NC(=O)N1CC2CC(NC(=O)c3cccs3)C1C2. The van der Waals surface area contributed by atoms with Gasteiger partial charge in [-0.25, -0.2) is 4.79 Å². The maximum Gasteiger partial charge on any atom is 0.322 e. The van der Waals surface area contributed by atoms with Gasteiger partial charge >= 0.3 is 6.03 Å². The van der Waals surface area contributed by atoms with Crippen molar-refractivity contribution < 1.29 is 14.3 Å². The zero-order valence-electron chi connectivity index (χ0n) is 15.4. The highest BCUT2D eigenvalue weighted by molar-refractivity contribution is 7.12. The summed E-state index contributed by atoms with van der Waals surface area (Å²) in [7, 11) is 1.59. The van der Waals surface area contributed by atoms with E-state index < -0.39 is 0 Å². The van der Waals surface area contributed by atoms with Crippen LogP contribution in [0.25, 0.3) is 0 Å². The Morgan fingerprint density at radius 2 is 2.11 bits per heavy atom. The molecule has 1 aromatic carbocycles. The Morgan fingerprint density at radius 1 is 1.26 bits per heavy atom. The number of piperidine rings is 1. The molecule has 1 aromatic heterocycles. The summed E-state index contributed by atoms with van der Waals surface area (Å²) in [5, 5.41) is 7.99. The Hall–Kier alpha value is -2.54. The van der Waals surface area contributed by atoms with Crippen molar-refractivity contribution in [2.75, 3.05) is 19.0 Å². The number of anilines is 1. The Labute approximate surface area is 162 Å². The summed E-state index contributed by atoms with van der Waals surface area (Å²) in [6, 6.07) is 9.30. The monoisotopic (exact) mass is 385 g/mol. The van der Waals surface area contributed by atoms with Gasteiger partial charge < -0.3 is 20.3 Å². The van der Waals surface area contributed by atoms with Gasteiger partial charge in [-0.05, 0) is 54.8 Å². The van der Waals surface area contributed by atoms with Gasteiger partial charge in [0.15, 0.2) is 0 Å². The zero-order chi connectivity index (χ0) is 19.0. The van der Waals surface area contributed by atoms with Crippen molar-refractivity contribution in [1.29, 1.82) is 0 Å². The second kappa shape index (κ2) is 7.23. The molecule has 2 heterocycles. The van der Waals surface area contributed by atoms with E-state index in [1.54, 1.807) is 7.11 Å². The van der Waals surface area contributed by atoms with Gasteiger partial charge in [-0.15, -0.1) is 11.3 Å². The van der Waals surface area contributed by atoms with Crippen LogP contribution in [0, 0.1) is 12.8 Å². The molecule has 3 amide bonds. The number of aryl methyl sites for hydroxylation is 1. The highest BCUT2D eigenvalue weighted by Gasteiger charge is 2.47. The van der Waals surface area contributed by atoms with Crippen LogP contribution in [0.4, 0.5) is 10.5 Å². The second-order valence-corrected chi connectivity index (χ2v) is 8.20. The Morgan fingerprint density at radius 3 is 2.81 bits per heavy atom. The molecule has 1 saturated carbocycles. The molecule has 6 nitrogen and oxygen atoms in total. The predicted octanol–water partition coefficient (Wildman–Crippen LogP) is 3.49. The largest absolute Gasteiger partial charge is 0.495 e. The first-order valence-corrected chi connectivity index (χ1v) is 9.99. The topological polar surface area (TPSA) is 70.7 Å². The molecule has 1 aliphatic carbocycles. The van der Waals surface area contributed by atoms with E-state index in [9.17, 15) is 9.59 Å². The van der Waals surface area contributed by atoms with Crippen LogP contribution in [-0.4, -0.2) is 42.6 Å². The highest BCUT2D eigenvalue weighted by Crippen LogP contribution is 2.38. The minimum Gasteiger partial charge on any atom is -0.495 e. The maximum atomic E-state index is 12.9. The number of methoxy groups -OCH3 is 1. The predicted molar refractivity (Wildman–Crippen MR) is 106 cm³/mol. The van der Waals surface area contributed by atoms with E-state index in [1.165, 1.54) is 11.3 Å². The summed E-state index contributed by atoms with van der Waals surface area (Å²) in [6.07, 6.45) is 1.87. The van der Waals surface area contributed by atoms with Crippen molar-refractivity contribution in [3.63, 3.8) is 0 Å². The van der Waals surface area contributed by atoms with Crippen molar-refractivity contribution in [2.45, 2.75) is 31.8 Å². The van der Waals surface area contributed by atoms with Crippen LogP contribution in [0.1, 0.15) is 28.1 Å². The van der Waals surface area contributed by atoms with E-state index in [1.807, 2.05) is 47.5 Å². The normalized spacial score (nSPS) is 23.3. The summed E-state index contributed by atoms with van der Waals surface area (Å²) in [6.45, 7) is 2.71. The van der Waals surface area contributed by atoms with Gasteiger partial charge in [-0.3, -0.25) is 4.79 Å². The van der Waals surface area contributed by atoms with Crippen molar-refractivity contribution in [2.24, 2.45) is 5.92 Å². The molecular formula is C20H23N3O3S. The fourth-order valence-electron chi connectivity index (χ4n) is 4.17. The van der Waals surface area contributed by atoms with Crippen LogP contribution in [0.2, 0.25) is 0 Å². The first kappa shape index (κ1) is 17.9. The van der Waals surface area contributed by atoms with Crippen molar-refractivity contribution in [3.05, 3.63) is 46.2 Å². The van der Waals surface area contributed by atoms with E-state index in [0.29, 0.717) is 22.2 Å². The molecule has 3 atom stereocenters. The number of rotatable bonds is 4. The van der Waals surface area contributed by atoms with Gasteiger partial charge in [0.25, 0.3) is 5.91 Å². The van der Waals surface area contributed by atoms with Crippen molar-refractivity contribution >= 4 is 29.0 Å². The Kier molecular flexibility index (Phi) is 4.78. The Balaban J connectivity index is 1.44. The number of nitrogens with zero attached hydrogens (tertiary/aromatic N) is 1. The number of carbonyl (C=O) groups is 2. The lowest BCUT2D eigenvalue weighted by molar-refractivity contribution is 0.0910. The number of thiophene rings is 1. The zero-order valence-corrected chi connectivity index (χ0v) is 16.2. The summed E-state index contributed by atoms with van der Waals surface area (Å²) in [5.41, 5.74) is 1.72. The number of nitrogens with one attached hydrogen (secondary N) is 2. The van der Waals surface area contributed by atoms with Crippen molar-refractivity contribution in [3.8, 4) is 5.75 Å². The molecule has 3 unspecified atom stereocenters. The molecule has 2 bridgehead atoms. The van der Waals surface area contributed by atoms with E-state index in [2.05, 4.69) is 10.6 Å².